The molecule has 0 aliphatic rings. The molecule has 0 saturated heterocycles. The van der Waals surface area contributed by atoms with Gasteiger partial charge in [-0.25, -0.2) is 0 Å². The molecule has 2 aromatic carbocycles. The van der Waals surface area contributed by atoms with Crippen LogP contribution in [0.15, 0.2) is 54.7 Å². The SMILES string of the molecule is CC(C)COc1cccc(CNCc2cn(C)nc2-c2ccc([N+](=O)[O-])cc2)c1. The van der Waals surface area contributed by atoms with Crippen molar-refractivity contribution in [3.05, 3.63) is 76.0 Å². The molecular formula is C22H26N4O3. The van der Waals surface area contributed by atoms with Crippen molar-refractivity contribution in [1.29, 1.82) is 0 Å². The molecule has 3 rings (SSSR count). The van der Waals surface area contributed by atoms with Crippen LogP contribution in [0.4, 0.5) is 5.69 Å². The minimum absolute atomic E-state index is 0.0731. The van der Waals surface area contributed by atoms with Gasteiger partial charge in [0.2, 0.25) is 0 Å². The molecular weight excluding hydrogens is 368 g/mol. The molecule has 0 fully saturated rings. The molecule has 0 unspecified atom stereocenters. The van der Waals surface area contributed by atoms with Crippen molar-refractivity contribution in [2.75, 3.05) is 6.61 Å². The normalized spacial score (nSPS) is 11.0. The standard InChI is InChI=1S/C22H26N4O3/c1-16(2)15-29-21-6-4-5-17(11-21)12-23-13-19-14-25(3)24-22(19)18-7-9-20(10-8-18)26(27)28/h4-11,14,16,23H,12-13,15H2,1-3H3. The summed E-state index contributed by atoms with van der Waals surface area (Å²) in [7, 11) is 1.87. The number of nitrogens with zero attached hydrogens (tertiary/aromatic N) is 3. The van der Waals surface area contributed by atoms with E-state index in [1.807, 2.05) is 25.4 Å². The number of aryl methyl sites for hydroxylation is 1. The molecule has 0 aliphatic heterocycles. The number of benzene rings is 2. The van der Waals surface area contributed by atoms with Gasteiger partial charge in [0.1, 0.15) is 5.75 Å². The molecule has 7 nitrogen and oxygen atoms in total. The maximum atomic E-state index is 10.9. The van der Waals surface area contributed by atoms with Gasteiger partial charge in [-0.15, -0.1) is 0 Å². The Hall–Kier alpha value is -3.19. The highest BCUT2D eigenvalue weighted by atomic mass is 16.6. The van der Waals surface area contributed by atoms with E-state index in [0.717, 1.165) is 28.1 Å². The molecule has 0 spiro atoms. The van der Waals surface area contributed by atoms with Crippen molar-refractivity contribution in [3.63, 3.8) is 0 Å². The molecule has 1 N–H and O–H groups in total. The van der Waals surface area contributed by atoms with E-state index < -0.39 is 4.92 Å². The van der Waals surface area contributed by atoms with E-state index >= 15 is 0 Å². The van der Waals surface area contributed by atoms with Crippen LogP contribution in [-0.4, -0.2) is 21.3 Å². The maximum absolute atomic E-state index is 10.9. The Bertz CT molecular complexity index is 964. The topological polar surface area (TPSA) is 82.2 Å². The van der Waals surface area contributed by atoms with E-state index in [4.69, 9.17) is 4.74 Å². The van der Waals surface area contributed by atoms with Crippen LogP contribution in [0.1, 0.15) is 25.0 Å². The number of rotatable bonds is 9. The molecule has 0 atom stereocenters. The molecule has 1 heterocycles. The summed E-state index contributed by atoms with van der Waals surface area (Å²) in [6.45, 7) is 6.29. The Morgan fingerprint density at radius 1 is 1.17 bits per heavy atom. The summed E-state index contributed by atoms with van der Waals surface area (Å²) >= 11 is 0. The molecule has 0 aliphatic carbocycles. The minimum atomic E-state index is -0.399. The van der Waals surface area contributed by atoms with Crippen LogP contribution in [0.2, 0.25) is 0 Å². The largest absolute Gasteiger partial charge is 0.493 e. The van der Waals surface area contributed by atoms with E-state index in [1.165, 1.54) is 12.1 Å². The lowest BCUT2D eigenvalue weighted by Crippen LogP contribution is -2.13. The molecule has 7 heteroatoms. The number of nitro benzene ring substituents is 1. The molecule has 0 radical (unpaired) electrons. The predicted octanol–water partition coefficient (Wildman–Crippen LogP) is 4.32. The summed E-state index contributed by atoms with van der Waals surface area (Å²) in [6.07, 6.45) is 1.96. The van der Waals surface area contributed by atoms with E-state index in [1.54, 1.807) is 16.8 Å². The lowest BCUT2D eigenvalue weighted by Gasteiger charge is -2.10. The smallest absolute Gasteiger partial charge is 0.269 e. The lowest BCUT2D eigenvalue weighted by molar-refractivity contribution is -0.384. The Balaban J connectivity index is 1.64. The predicted molar refractivity (Wildman–Crippen MR) is 113 cm³/mol. The number of hydrogen-bond donors (Lipinski definition) is 1. The van der Waals surface area contributed by atoms with Crippen molar-refractivity contribution in [2.24, 2.45) is 13.0 Å². The highest BCUT2D eigenvalue weighted by Crippen LogP contribution is 2.24. The Kier molecular flexibility index (Phi) is 6.61. The van der Waals surface area contributed by atoms with Crippen molar-refractivity contribution < 1.29 is 9.66 Å². The third-order valence-electron chi connectivity index (χ3n) is 4.38. The van der Waals surface area contributed by atoms with Gasteiger partial charge < -0.3 is 10.1 Å². The fourth-order valence-electron chi connectivity index (χ4n) is 3.00. The van der Waals surface area contributed by atoms with Gasteiger partial charge in [0.25, 0.3) is 5.69 Å². The first-order valence-electron chi connectivity index (χ1n) is 9.62. The fourth-order valence-corrected chi connectivity index (χ4v) is 3.00. The molecule has 152 valence electrons. The molecule has 0 saturated carbocycles. The Morgan fingerprint density at radius 2 is 1.93 bits per heavy atom. The summed E-state index contributed by atoms with van der Waals surface area (Å²) in [6, 6.07) is 14.6. The van der Waals surface area contributed by atoms with Gasteiger partial charge in [-0.05, 0) is 35.7 Å². The van der Waals surface area contributed by atoms with Crippen LogP contribution >= 0.6 is 0 Å². The third kappa shape index (κ3) is 5.65. The van der Waals surface area contributed by atoms with Crippen molar-refractivity contribution >= 4 is 5.69 Å². The average molecular weight is 394 g/mol. The number of nitro groups is 1. The van der Waals surface area contributed by atoms with E-state index in [9.17, 15) is 10.1 Å². The van der Waals surface area contributed by atoms with Gasteiger partial charge in [0.05, 0.1) is 17.2 Å². The third-order valence-corrected chi connectivity index (χ3v) is 4.38. The lowest BCUT2D eigenvalue weighted by atomic mass is 10.1. The summed E-state index contributed by atoms with van der Waals surface area (Å²) in [5.74, 6) is 1.37. The van der Waals surface area contributed by atoms with Crippen molar-refractivity contribution in [3.8, 4) is 17.0 Å². The van der Waals surface area contributed by atoms with E-state index in [-0.39, 0.29) is 5.69 Å². The van der Waals surface area contributed by atoms with E-state index in [2.05, 4.69) is 36.4 Å². The summed E-state index contributed by atoms with van der Waals surface area (Å²) < 4.78 is 7.55. The van der Waals surface area contributed by atoms with Gasteiger partial charge in [0.15, 0.2) is 0 Å². The molecule has 29 heavy (non-hydrogen) atoms. The molecule has 0 bridgehead atoms. The van der Waals surface area contributed by atoms with Crippen LogP contribution in [-0.2, 0) is 20.1 Å². The first-order valence-corrected chi connectivity index (χ1v) is 9.62. The van der Waals surface area contributed by atoms with Crippen LogP contribution < -0.4 is 10.1 Å². The van der Waals surface area contributed by atoms with Crippen LogP contribution in [0, 0.1) is 16.0 Å². The van der Waals surface area contributed by atoms with Crippen LogP contribution in [0.3, 0.4) is 0 Å². The number of hydrogen-bond acceptors (Lipinski definition) is 5. The van der Waals surface area contributed by atoms with Gasteiger partial charge in [-0.3, -0.25) is 14.8 Å². The Morgan fingerprint density at radius 3 is 2.62 bits per heavy atom. The highest BCUT2D eigenvalue weighted by Gasteiger charge is 2.12. The number of aromatic nitrogens is 2. The van der Waals surface area contributed by atoms with Crippen LogP contribution in [0.25, 0.3) is 11.3 Å². The van der Waals surface area contributed by atoms with Crippen LogP contribution in [0.5, 0.6) is 5.75 Å². The molecule has 1 aromatic heterocycles. The molecule has 0 amide bonds. The molecule has 3 aromatic rings. The average Bonchev–Trinajstić information content (AvgIpc) is 3.07. The Labute approximate surface area is 170 Å². The van der Waals surface area contributed by atoms with Crippen molar-refractivity contribution in [2.45, 2.75) is 26.9 Å². The summed E-state index contributed by atoms with van der Waals surface area (Å²) in [5, 5.41) is 18.8. The second kappa shape index (κ2) is 9.34. The van der Waals surface area contributed by atoms with Gasteiger partial charge in [0, 0.05) is 49.6 Å². The highest BCUT2D eigenvalue weighted by molar-refractivity contribution is 5.64. The second-order valence-electron chi connectivity index (χ2n) is 7.44. The van der Waals surface area contributed by atoms with Gasteiger partial charge in [-0.1, -0.05) is 26.0 Å². The second-order valence-corrected chi connectivity index (χ2v) is 7.44. The van der Waals surface area contributed by atoms with Gasteiger partial charge in [-0.2, -0.15) is 5.10 Å². The fraction of sp³-hybridized carbons (Fsp3) is 0.318. The van der Waals surface area contributed by atoms with Gasteiger partial charge >= 0.3 is 0 Å². The zero-order chi connectivity index (χ0) is 20.8. The number of non-ortho nitro benzene ring substituents is 1. The minimum Gasteiger partial charge on any atom is -0.493 e. The maximum Gasteiger partial charge on any atom is 0.269 e. The number of ether oxygens (including phenoxy) is 1. The monoisotopic (exact) mass is 394 g/mol. The zero-order valence-corrected chi connectivity index (χ0v) is 17.0. The quantitative estimate of drug-likeness (QED) is 0.432. The first kappa shape index (κ1) is 20.5. The van der Waals surface area contributed by atoms with Crippen molar-refractivity contribution in [1.82, 2.24) is 15.1 Å². The first-order chi connectivity index (χ1) is 13.9. The van der Waals surface area contributed by atoms with E-state index in [0.29, 0.717) is 25.6 Å². The zero-order valence-electron chi connectivity index (χ0n) is 17.0. The summed E-state index contributed by atoms with van der Waals surface area (Å²) in [5.41, 5.74) is 3.94. The number of nitrogens with one attached hydrogen (secondary N) is 1. The summed E-state index contributed by atoms with van der Waals surface area (Å²) in [4.78, 5) is 10.5.